The van der Waals surface area contributed by atoms with Crippen LogP contribution in [0.5, 0.6) is 0 Å². The van der Waals surface area contributed by atoms with Gasteiger partial charge in [-0.05, 0) is 48.9 Å². The van der Waals surface area contributed by atoms with E-state index >= 15 is 0 Å². The molecule has 3 aromatic carbocycles. The zero-order valence-corrected chi connectivity index (χ0v) is 17.6. The molecule has 150 valence electrons. The molecule has 1 amide bonds. The molecule has 1 N–H and O–H groups in total. The van der Waals surface area contributed by atoms with Gasteiger partial charge in [-0.15, -0.1) is 0 Å². The van der Waals surface area contributed by atoms with Crippen molar-refractivity contribution in [3.63, 3.8) is 0 Å². The predicted molar refractivity (Wildman–Crippen MR) is 117 cm³/mol. The van der Waals surface area contributed by atoms with Gasteiger partial charge >= 0.3 is 0 Å². The summed E-state index contributed by atoms with van der Waals surface area (Å²) in [6.45, 7) is 1.94. The highest BCUT2D eigenvalue weighted by atomic mass is 35.5. The molecule has 0 aliphatic rings. The average molecular weight is 431 g/mol. The van der Waals surface area contributed by atoms with Crippen LogP contribution in [0.4, 0.5) is 10.1 Å². The third kappa shape index (κ3) is 5.15. The van der Waals surface area contributed by atoms with E-state index in [2.05, 4.69) is 5.32 Å². The van der Waals surface area contributed by atoms with Crippen molar-refractivity contribution in [2.45, 2.75) is 13.0 Å². The number of carbonyl (C=O) groups is 1. The number of halogens is 3. The fourth-order valence-electron chi connectivity index (χ4n) is 3.25. The molecule has 0 heterocycles. The molecule has 0 radical (unpaired) electrons. The Morgan fingerprint density at radius 2 is 1.62 bits per heavy atom. The molecule has 0 bridgehead atoms. The van der Waals surface area contributed by atoms with Gasteiger partial charge in [-0.25, -0.2) is 4.39 Å². The lowest BCUT2D eigenvalue weighted by Crippen LogP contribution is -2.34. The van der Waals surface area contributed by atoms with Crippen LogP contribution in [0, 0.1) is 12.7 Å². The summed E-state index contributed by atoms with van der Waals surface area (Å²) >= 11 is 12.5. The van der Waals surface area contributed by atoms with E-state index in [1.165, 1.54) is 12.1 Å². The second-order valence-corrected chi connectivity index (χ2v) is 7.67. The Bertz CT molecular complexity index is 994. The Balaban J connectivity index is 1.83. The van der Waals surface area contributed by atoms with Crippen molar-refractivity contribution in [3.8, 4) is 0 Å². The number of benzene rings is 3. The summed E-state index contributed by atoms with van der Waals surface area (Å²) < 4.78 is 13.4. The molecule has 3 rings (SSSR count). The minimum atomic E-state index is -0.301. The van der Waals surface area contributed by atoms with Crippen LogP contribution in [0.25, 0.3) is 0 Å². The minimum absolute atomic E-state index is 0.0948. The zero-order valence-electron chi connectivity index (χ0n) is 16.1. The Labute approximate surface area is 180 Å². The summed E-state index contributed by atoms with van der Waals surface area (Å²) in [5, 5.41) is 3.62. The van der Waals surface area contributed by atoms with Gasteiger partial charge in [0.2, 0.25) is 5.91 Å². The predicted octanol–water partition coefficient (Wildman–Crippen LogP) is 6.10. The van der Waals surface area contributed by atoms with E-state index in [0.717, 1.165) is 16.7 Å². The molecule has 0 saturated carbocycles. The van der Waals surface area contributed by atoms with Crippen molar-refractivity contribution in [2.24, 2.45) is 0 Å². The molecule has 6 heteroatoms. The lowest BCUT2D eigenvalue weighted by atomic mass is 9.97. The van der Waals surface area contributed by atoms with Gasteiger partial charge in [-0.3, -0.25) is 9.69 Å². The second-order valence-electron chi connectivity index (χ2n) is 6.88. The van der Waals surface area contributed by atoms with Crippen molar-refractivity contribution in [1.82, 2.24) is 4.90 Å². The molecule has 3 aromatic rings. The number of amides is 1. The Morgan fingerprint density at radius 1 is 1.00 bits per heavy atom. The van der Waals surface area contributed by atoms with Crippen LogP contribution in [0.3, 0.4) is 0 Å². The lowest BCUT2D eigenvalue weighted by molar-refractivity contribution is -0.117. The van der Waals surface area contributed by atoms with E-state index in [9.17, 15) is 9.18 Å². The quantitative estimate of drug-likeness (QED) is 0.512. The smallest absolute Gasteiger partial charge is 0.238 e. The Morgan fingerprint density at radius 3 is 2.28 bits per heavy atom. The highest BCUT2D eigenvalue weighted by Crippen LogP contribution is 2.33. The first kappa shape index (κ1) is 21.3. The van der Waals surface area contributed by atoms with E-state index in [1.807, 2.05) is 49.2 Å². The van der Waals surface area contributed by atoms with Crippen molar-refractivity contribution < 1.29 is 9.18 Å². The van der Waals surface area contributed by atoms with Crippen molar-refractivity contribution in [1.29, 1.82) is 0 Å². The maximum Gasteiger partial charge on any atom is 0.238 e. The fourth-order valence-corrected chi connectivity index (χ4v) is 3.71. The molecule has 0 unspecified atom stereocenters. The number of hydrogen-bond acceptors (Lipinski definition) is 2. The van der Waals surface area contributed by atoms with E-state index in [4.69, 9.17) is 23.2 Å². The minimum Gasteiger partial charge on any atom is -0.322 e. The molecule has 29 heavy (non-hydrogen) atoms. The van der Waals surface area contributed by atoms with Gasteiger partial charge < -0.3 is 5.32 Å². The summed E-state index contributed by atoms with van der Waals surface area (Å²) in [4.78, 5) is 14.6. The Kier molecular flexibility index (Phi) is 6.91. The fraction of sp³-hybridized carbons (Fsp3) is 0.174. The first-order valence-corrected chi connectivity index (χ1v) is 9.87. The summed E-state index contributed by atoms with van der Waals surface area (Å²) in [5.74, 6) is -0.547. The highest BCUT2D eigenvalue weighted by Gasteiger charge is 2.22. The molecule has 3 nitrogen and oxygen atoms in total. The number of rotatable bonds is 6. The number of nitrogens with one attached hydrogen (secondary N) is 1. The van der Waals surface area contributed by atoms with Gasteiger partial charge in [0.25, 0.3) is 0 Å². The number of carbonyl (C=O) groups excluding carboxylic acids is 1. The van der Waals surface area contributed by atoms with E-state index in [-0.39, 0.29) is 24.3 Å². The molecule has 0 aromatic heterocycles. The monoisotopic (exact) mass is 430 g/mol. The van der Waals surface area contributed by atoms with Gasteiger partial charge in [-0.2, -0.15) is 0 Å². The van der Waals surface area contributed by atoms with Gasteiger partial charge in [0.05, 0.1) is 28.3 Å². The van der Waals surface area contributed by atoms with Gasteiger partial charge in [-0.1, -0.05) is 71.7 Å². The van der Waals surface area contributed by atoms with E-state index < -0.39 is 0 Å². The molecule has 0 spiro atoms. The maximum absolute atomic E-state index is 13.4. The molecule has 0 aliphatic carbocycles. The van der Waals surface area contributed by atoms with Gasteiger partial charge in [0.15, 0.2) is 0 Å². The lowest BCUT2D eigenvalue weighted by Gasteiger charge is -2.28. The van der Waals surface area contributed by atoms with Gasteiger partial charge in [0, 0.05) is 0 Å². The van der Waals surface area contributed by atoms with Crippen LogP contribution in [0.15, 0.2) is 66.7 Å². The summed E-state index contributed by atoms with van der Waals surface area (Å²) in [5.41, 5.74) is 3.12. The zero-order chi connectivity index (χ0) is 21.0. The third-order valence-electron chi connectivity index (χ3n) is 4.68. The van der Waals surface area contributed by atoms with Gasteiger partial charge in [0.1, 0.15) is 5.82 Å². The van der Waals surface area contributed by atoms with E-state index in [1.54, 1.807) is 24.3 Å². The van der Waals surface area contributed by atoms with Crippen LogP contribution in [-0.2, 0) is 4.79 Å². The number of aryl methyl sites for hydroxylation is 1. The first-order chi connectivity index (χ1) is 13.9. The normalized spacial score (nSPS) is 12.1. The topological polar surface area (TPSA) is 32.3 Å². The van der Waals surface area contributed by atoms with Crippen molar-refractivity contribution >= 4 is 34.8 Å². The Hall–Kier alpha value is -2.40. The average Bonchev–Trinajstić information content (AvgIpc) is 2.71. The maximum atomic E-state index is 13.4. The van der Waals surface area contributed by atoms with Crippen LogP contribution in [0.2, 0.25) is 10.0 Å². The third-order valence-corrected chi connectivity index (χ3v) is 5.49. The molecule has 0 fully saturated rings. The van der Waals surface area contributed by atoms with Crippen LogP contribution < -0.4 is 5.32 Å². The number of anilines is 1. The highest BCUT2D eigenvalue weighted by molar-refractivity contribution is 6.40. The summed E-state index contributed by atoms with van der Waals surface area (Å²) in [7, 11) is 1.85. The van der Waals surface area contributed by atoms with Crippen LogP contribution in [0.1, 0.15) is 22.7 Å². The number of hydrogen-bond donors (Lipinski definition) is 1. The van der Waals surface area contributed by atoms with E-state index in [0.29, 0.717) is 15.7 Å². The standard InChI is InChI=1S/C23H21Cl2FN2O/c1-15-8-13-19(24)22(21(15)25)27-20(29)14-28(2)23(16-6-4-3-5-7-16)17-9-11-18(26)12-10-17/h3-13,23H,14H2,1-2H3,(H,27,29)/t23-/m1/s1. The SMILES string of the molecule is Cc1ccc(Cl)c(NC(=O)CN(C)[C@H](c2ccccc2)c2ccc(F)cc2)c1Cl. The van der Waals surface area contributed by atoms with Crippen molar-refractivity contribution in [3.05, 3.63) is 99.3 Å². The number of nitrogens with zero attached hydrogens (tertiary/aromatic N) is 1. The molecule has 1 atom stereocenters. The largest absolute Gasteiger partial charge is 0.322 e. The molecular weight excluding hydrogens is 410 g/mol. The van der Waals surface area contributed by atoms with Crippen LogP contribution >= 0.6 is 23.2 Å². The number of likely N-dealkylation sites (N-methyl/N-ethyl adjacent to an activating group) is 1. The van der Waals surface area contributed by atoms with Crippen LogP contribution in [-0.4, -0.2) is 24.4 Å². The summed E-state index contributed by atoms with van der Waals surface area (Å²) in [6.07, 6.45) is 0. The second kappa shape index (κ2) is 9.40. The molecular formula is C23H21Cl2FN2O. The first-order valence-electron chi connectivity index (χ1n) is 9.12. The molecule has 0 saturated heterocycles. The molecule has 0 aliphatic heterocycles. The van der Waals surface area contributed by atoms with Crippen molar-refractivity contribution in [2.75, 3.05) is 18.9 Å². The summed E-state index contributed by atoms with van der Waals surface area (Å²) in [6, 6.07) is 19.4.